The highest BCUT2D eigenvalue weighted by Crippen LogP contribution is 2.21. The summed E-state index contributed by atoms with van der Waals surface area (Å²) >= 11 is 0. The molecule has 0 atom stereocenters. The van der Waals surface area contributed by atoms with Crippen molar-refractivity contribution >= 4 is 5.95 Å². The molecule has 2 aromatic rings. The zero-order valence-electron chi connectivity index (χ0n) is 8.73. The number of aromatic nitrogens is 3. The summed E-state index contributed by atoms with van der Waals surface area (Å²) in [6, 6.07) is 8.03. The summed E-state index contributed by atoms with van der Waals surface area (Å²) in [6.45, 7) is 2.04. The van der Waals surface area contributed by atoms with E-state index in [-0.39, 0.29) is 0 Å². The van der Waals surface area contributed by atoms with Crippen LogP contribution in [0.15, 0.2) is 24.3 Å². The lowest BCUT2D eigenvalue weighted by Gasteiger charge is -2.05. The van der Waals surface area contributed by atoms with Gasteiger partial charge in [-0.3, -0.25) is 9.99 Å². The predicted octanol–water partition coefficient (Wildman–Crippen LogP) is 1.08. The number of hydrogen-bond acceptors (Lipinski definition) is 4. The Hall–Kier alpha value is -1.88. The third-order valence-electron chi connectivity index (χ3n) is 2.39. The second-order valence-corrected chi connectivity index (χ2v) is 3.37. The van der Waals surface area contributed by atoms with Crippen LogP contribution in [0.2, 0.25) is 0 Å². The molecule has 0 saturated carbocycles. The van der Waals surface area contributed by atoms with E-state index in [0.717, 1.165) is 17.0 Å². The summed E-state index contributed by atoms with van der Waals surface area (Å²) in [5.41, 5.74) is 4.72. The minimum absolute atomic E-state index is 0.549. The van der Waals surface area contributed by atoms with Gasteiger partial charge in [0.2, 0.25) is 5.95 Å². The molecular weight excluding hydrogens is 190 g/mol. The molecule has 15 heavy (non-hydrogen) atoms. The number of aryl methyl sites for hydroxylation is 1. The van der Waals surface area contributed by atoms with Gasteiger partial charge < -0.3 is 0 Å². The van der Waals surface area contributed by atoms with Crippen LogP contribution in [0.3, 0.4) is 0 Å². The van der Waals surface area contributed by atoms with Crippen molar-refractivity contribution in [3.05, 3.63) is 29.8 Å². The van der Waals surface area contributed by atoms with Gasteiger partial charge in [-0.2, -0.15) is 0 Å². The Kier molecular flexibility index (Phi) is 2.39. The SMILES string of the molecule is Cc1ccccc1-c1nnc(NN)n1C. The standard InChI is InChI=1S/C10H13N5/c1-7-5-3-4-6-8(7)9-13-14-10(12-11)15(9)2/h3-6H,11H2,1-2H3,(H,12,14). The van der Waals surface area contributed by atoms with E-state index in [1.165, 1.54) is 0 Å². The first-order valence-corrected chi connectivity index (χ1v) is 4.66. The van der Waals surface area contributed by atoms with Crippen LogP contribution in [0.4, 0.5) is 5.95 Å². The maximum atomic E-state index is 5.31. The van der Waals surface area contributed by atoms with E-state index >= 15 is 0 Å². The second-order valence-electron chi connectivity index (χ2n) is 3.37. The topological polar surface area (TPSA) is 68.8 Å². The van der Waals surface area contributed by atoms with E-state index in [9.17, 15) is 0 Å². The molecule has 1 aromatic heterocycles. The van der Waals surface area contributed by atoms with Crippen molar-refractivity contribution in [3.8, 4) is 11.4 Å². The number of hydrogen-bond donors (Lipinski definition) is 2. The van der Waals surface area contributed by atoms with Gasteiger partial charge in [0, 0.05) is 12.6 Å². The van der Waals surface area contributed by atoms with Gasteiger partial charge in [0.1, 0.15) is 0 Å². The number of benzene rings is 1. The smallest absolute Gasteiger partial charge is 0.238 e. The van der Waals surface area contributed by atoms with E-state index in [1.54, 1.807) is 0 Å². The number of nitrogens with one attached hydrogen (secondary N) is 1. The first-order chi connectivity index (χ1) is 7.24. The maximum Gasteiger partial charge on any atom is 0.238 e. The van der Waals surface area contributed by atoms with Crippen LogP contribution >= 0.6 is 0 Å². The molecule has 0 spiro atoms. The fourth-order valence-corrected chi connectivity index (χ4v) is 1.51. The highest BCUT2D eigenvalue weighted by molar-refractivity contribution is 5.61. The van der Waals surface area contributed by atoms with Crippen molar-refractivity contribution in [1.82, 2.24) is 14.8 Å². The monoisotopic (exact) mass is 203 g/mol. The fraction of sp³-hybridized carbons (Fsp3) is 0.200. The van der Waals surface area contributed by atoms with Crippen LogP contribution in [-0.4, -0.2) is 14.8 Å². The number of anilines is 1. The minimum atomic E-state index is 0.549. The molecule has 0 aliphatic heterocycles. The summed E-state index contributed by atoms with van der Waals surface area (Å²) in [7, 11) is 1.87. The van der Waals surface area contributed by atoms with Crippen molar-refractivity contribution < 1.29 is 0 Å². The van der Waals surface area contributed by atoms with E-state index < -0.39 is 0 Å². The summed E-state index contributed by atoms with van der Waals surface area (Å²) in [5.74, 6) is 6.66. The molecule has 3 N–H and O–H groups in total. The number of nitrogens with zero attached hydrogens (tertiary/aromatic N) is 3. The van der Waals surface area contributed by atoms with E-state index in [1.807, 2.05) is 42.8 Å². The average Bonchev–Trinajstić information content (AvgIpc) is 2.60. The molecule has 0 saturated heterocycles. The number of rotatable bonds is 2. The average molecular weight is 203 g/mol. The van der Waals surface area contributed by atoms with Gasteiger partial charge >= 0.3 is 0 Å². The lowest BCUT2D eigenvalue weighted by Crippen LogP contribution is -2.11. The lowest BCUT2D eigenvalue weighted by atomic mass is 10.1. The predicted molar refractivity (Wildman–Crippen MR) is 59.0 cm³/mol. The highest BCUT2D eigenvalue weighted by Gasteiger charge is 2.10. The molecule has 5 nitrogen and oxygen atoms in total. The van der Waals surface area contributed by atoms with Crippen molar-refractivity contribution in [2.24, 2.45) is 12.9 Å². The molecule has 0 aliphatic rings. The van der Waals surface area contributed by atoms with Gasteiger partial charge in [-0.15, -0.1) is 10.2 Å². The molecule has 1 heterocycles. The van der Waals surface area contributed by atoms with Crippen LogP contribution < -0.4 is 11.3 Å². The van der Waals surface area contributed by atoms with Crippen LogP contribution in [0.1, 0.15) is 5.56 Å². The summed E-state index contributed by atoms with van der Waals surface area (Å²) < 4.78 is 1.82. The zero-order chi connectivity index (χ0) is 10.8. The van der Waals surface area contributed by atoms with Gasteiger partial charge in [-0.05, 0) is 12.5 Å². The van der Waals surface area contributed by atoms with E-state index in [4.69, 9.17) is 5.84 Å². The largest absolute Gasteiger partial charge is 0.296 e. The van der Waals surface area contributed by atoms with Gasteiger partial charge in [0.25, 0.3) is 0 Å². The van der Waals surface area contributed by atoms with E-state index in [0.29, 0.717) is 5.95 Å². The molecule has 5 heteroatoms. The quantitative estimate of drug-likeness (QED) is 0.566. The van der Waals surface area contributed by atoms with Crippen molar-refractivity contribution in [2.75, 3.05) is 5.43 Å². The first-order valence-electron chi connectivity index (χ1n) is 4.66. The first kappa shape index (κ1) is 9.67. The zero-order valence-corrected chi connectivity index (χ0v) is 8.73. The van der Waals surface area contributed by atoms with Gasteiger partial charge in [-0.25, -0.2) is 5.84 Å². The summed E-state index contributed by atoms with van der Waals surface area (Å²) in [5, 5.41) is 8.02. The van der Waals surface area contributed by atoms with Gasteiger partial charge in [0.05, 0.1) is 0 Å². The normalized spacial score (nSPS) is 10.3. The number of hydrazine groups is 1. The molecule has 0 aliphatic carbocycles. The van der Waals surface area contributed by atoms with E-state index in [2.05, 4.69) is 15.6 Å². The maximum absolute atomic E-state index is 5.31. The Morgan fingerprint density at radius 2 is 2.00 bits per heavy atom. The highest BCUT2D eigenvalue weighted by atomic mass is 15.4. The number of nitrogen functional groups attached to an aromatic ring is 1. The minimum Gasteiger partial charge on any atom is -0.296 e. The molecule has 0 bridgehead atoms. The van der Waals surface area contributed by atoms with Crippen molar-refractivity contribution in [3.63, 3.8) is 0 Å². The molecule has 2 rings (SSSR count). The summed E-state index contributed by atoms with van der Waals surface area (Å²) in [6.07, 6.45) is 0. The molecule has 78 valence electrons. The molecule has 0 fully saturated rings. The molecular formula is C10H13N5. The third-order valence-corrected chi connectivity index (χ3v) is 2.39. The Morgan fingerprint density at radius 1 is 1.27 bits per heavy atom. The van der Waals surface area contributed by atoms with Gasteiger partial charge in [0.15, 0.2) is 5.82 Å². The number of nitrogens with two attached hydrogens (primary N) is 1. The molecule has 0 unspecified atom stereocenters. The molecule has 0 radical (unpaired) electrons. The molecule has 0 amide bonds. The fourth-order valence-electron chi connectivity index (χ4n) is 1.51. The van der Waals surface area contributed by atoms with Crippen molar-refractivity contribution in [2.45, 2.75) is 6.92 Å². The Morgan fingerprint density at radius 3 is 2.60 bits per heavy atom. The Balaban J connectivity index is 2.55. The molecule has 1 aromatic carbocycles. The van der Waals surface area contributed by atoms with Crippen LogP contribution in [0.5, 0.6) is 0 Å². The Bertz CT molecular complexity index is 474. The third kappa shape index (κ3) is 1.57. The van der Waals surface area contributed by atoms with Crippen LogP contribution in [-0.2, 0) is 7.05 Å². The van der Waals surface area contributed by atoms with Gasteiger partial charge in [-0.1, -0.05) is 24.3 Å². The van der Waals surface area contributed by atoms with Crippen molar-refractivity contribution in [1.29, 1.82) is 0 Å². The Labute approximate surface area is 87.9 Å². The second kappa shape index (κ2) is 3.70. The van der Waals surface area contributed by atoms with Crippen LogP contribution in [0.25, 0.3) is 11.4 Å². The summed E-state index contributed by atoms with van der Waals surface area (Å²) in [4.78, 5) is 0. The van der Waals surface area contributed by atoms with Crippen LogP contribution in [0, 0.1) is 6.92 Å². The lowest BCUT2D eigenvalue weighted by molar-refractivity contribution is 0.916.